The normalized spacial score (nSPS) is 11.7. The van der Waals surface area contributed by atoms with Crippen LogP contribution in [0, 0.1) is 5.41 Å². The summed E-state index contributed by atoms with van der Waals surface area (Å²) < 4.78 is 5.11. The van der Waals surface area contributed by atoms with Crippen LogP contribution in [0.25, 0.3) is 0 Å². The van der Waals surface area contributed by atoms with Gasteiger partial charge in [0.1, 0.15) is 5.82 Å². The molecule has 0 bridgehead atoms. The van der Waals surface area contributed by atoms with Crippen molar-refractivity contribution < 1.29 is 14.6 Å². The zero-order valence-electron chi connectivity index (χ0n) is 13.6. The van der Waals surface area contributed by atoms with Crippen molar-refractivity contribution in [3.05, 3.63) is 23.4 Å². The second-order valence-electron chi connectivity index (χ2n) is 6.39. The van der Waals surface area contributed by atoms with E-state index in [2.05, 4.69) is 24.1 Å². The number of carboxylic acids is 1. The number of aromatic nitrogens is 1. The van der Waals surface area contributed by atoms with Crippen LogP contribution < -0.4 is 5.32 Å². The van der Waals surface area contributed by atoms with E-state index in [4.69, 9.17) is 4.74 Å². The molecule has 118 valence electrons. The first kappa shape index (κ1) is 17.4. The second-order valence-corrected chi connectivity index (χ2v) is 6.39. The molecule has 0 aromatic carbocycles. The fraction of sp³-hybridized carbons (Fsp3) is 0.625. The Labute approximate surface area is 126 Å². The summed E-state index contributed by atoms with van der Waals surface area (Å²) in [6, 6.07) is 3.22. The summed E-state index contributed by atoms with van der Waals surface area (Å²) in [5.41, 5.74) is 1.10. The Morgan fingerprint density at radius 1 is 1.43 bits per heavy atom. The lowest BCUT2D eigenvalue weighted by molar-refractivity contribution is 0.0696. The molecule has 0 saturated carbocycles. The number of carbonyl (C=O) groups is 1. The molecule has 5 heteroatoms. The lowest BCUT2D eigenvalue weighted by atomic mass is 9.90. The van der Waals surface area contributed by atoms with E-state index in [0.29, 0.717) is 19.0 Å². The molecule has 0 saturated heterocycles. The van der Waals surface area contributed by atoms with Crippen LogP contribution >= 0.6 is 0 Å². The standard InChI is InChI=1S/C16H26N2O3/c1-11(2)13-8-12(15(19)20)9-14(18-13)17-10-16(3,4)6-7-21-5/h8-9,11H,6-7,10H2,1-5H3,(H,17,18)(H,19,20). The number of ether oxygens (including phenoxy) is 1. The third-order valence-electron chi connectivity index (χ3n) is 3.41. The van der Waals surface area contributed by atoms with Gasteiger partial charge in [-0.15, -0.1) is 0 Å². The van der Waals surface area contributed by atoms with Gasteiger partial charge >= 0.3 is 5.97 Å². The number of hydrogen-bond donors (Lipinski definition) is 2. The Hall–Kier alpha value is -1.62. The number of nitrogens with one attached hydrogen (secondary N) is 1. The van der Waals surface area contributed by atoms with Gasteiger partial charge in [-0.2, -0.15) is 0 Å². The molecule has 0 amide bonds. The van der Waals surface area contributed by atoms with Crippen molar-refractivity contribution in [1.29, 1.82) is 0 Å². The van der Waals surface area contributed by atoms with Crippen molar-refractivity contribution >= 4 is 11.8 Å². The molecular formula is C16H26N2O3. The van der Waals surface area contributed by atoms with Gasteiger partial charge in [0.05, 0.1) is 5.56 Å². The van der Waals surface area contributed by atoms with Crippen LogP contribution in [0.3, 0.4) is 0 Å². The van der Waals surface area contributed by atoms with Gasteiger partial charge in [0, 0.05) is 26.0 Å². The van der Waals surface area contributed by atoms with Crippen LogP contribution in [-0.2, 0) is 4.74 Å². The van der Waals surface area contributed by atoms with Gasteiger partial charge in [-0.3, -0.25) is 0 Å². The minimum atomic E-state index is -0.930. The smallest absolute Gasteiger partial charge is 0.335 e. The maximum absolute atomic E-state index is 11.2. The SMILES string of the molecule is COCCC(C)(C)CNc1cc(C(=O)O)cc(C(C)C)n1. The first-order valence-electron chi connectivity index (χ1n) is 7.23. The highest BCUT2D eigenvalue weighted by molar-refractivity contribution is 5.88. The van der Waals surface area contributed by atoms with Crippen molar-refractivity contribution in [2.24, 2.45) is 5.41 Å². The Bertz CT molecular complexity index is 484. The Kier molecular flexibility index (Phi) is 6.15. The third kappa shape index (κ3) is 5.71. The van der Waals surface area contributed by atoms with Gasteiger partial charge in [-0.25, -0.2) is 9.78 Å². The number of hydrogen-bond acceptors (Lipinski definition) is 4. The van der Waals surface area contributed by atoms with E-state index in [1.165, 1.54) is 0 Å². The number of anilines is 1. The zero-order valence-corrected chi connectivity index (χ0v) is 13.6. The molecule has 2 N–H and O–H groups in total. The van der Waals surface area contributed by atoms with E-state index in [1.807, 2.05) is 13.8 Å². The molecule has 1 aromatic rings. The fourth-order valence-corrected chi connectivity index (χ4v) is 1.86. The number of carboxylic acid groups (broad SMARTS) is 1. The lowest BCUT2D eigenvalue weighted by Gasteiger charge is -2.25. The molecule has 0 aliphatic rings. The molecule has 0 unspecified atom stereocenters. The molecule has 0 aliphatic carbocycles. The van der Waals surface area contributed by atoms with Crippen LogP contribution in [0.2, 0.25) is 0 Å². The van der Waals surface area contributed by atoms with Crippen LogP contribution in [0.15, 0.2) is 12.1 Å². The minimum absolute atomic E-state index is 0.0505. The van der Waals surface area contributed by atoms with E-state index >= 15 is 0 Å². The summed E-state index contributed by atoms with van der Waals surface area (Å²) in [6.45, 7) is 9.70. The van der Waals surface area contributed by atoms with Gasteiger partial charge in [-0.1, -0.05) is 27.7 Å². The van der Waals surface area contributed by atoms with E-state index in [-0.39, 0.29) is 16.9 Å². The van der Waals surface area contributed by atoms with E-state index in [1.54, 1.807) is 19.2 Å². The fourth-order valence-electron chi connectivity index (χ4n) is 1.86. The summed E-state index contributed by atoms with van der Waals surface area (Å²) in [7, 11) is 1.69. The molecule has 0 radical (unpaired) electrons. The monoisotopic (exact) mass is 294 g/mol. The van der Waals surface area contributed by atoms with Gasteiger partial charge in [0.15, 0.2) is 0 Å². The third-order valence-corrected chi connectivity index (χ3v) is 3.41. The molecule has 1 aromatic heterocycles. The highest BCUT2D eigenvalue weighted by Gasteiger charge is 2.18. The van der Waals surface area contributed by atoms with Crippen LogP contribution in [0.1, 0.15) is 56.1 Å². The summed E-state index contributed by atoms with van der Waals surface area (Å²) in [4.78, 5) is 15.7. The van der Waals surface area contributed by atoms with E-state index in [9.17, 15) is 9.90 Å². The molecule has 0 spiro atoms. The van der Waals surface area contributed by atoms with Gasteiger partial charge in [0.25, 0.3) is 0 Å². The Morgan fingerprint density at radius 2 is 2.10 bits per heavy atom. The predicted octanol–water partition coefficient (Wildman–Crippen LogP) is 3.38. The highest BCUT2D eigenvalue weighted by Crippen LogP contribution is 2.22. The van der Waals surface area contributed by atoms with Crippen molar-refractivity contribution in [2.45, 2.75) is 40.0 Å². The van der Waals surface area contributed by atoms with Crippen molar-refractivity contribution in [2.75, 3.05) is 25.6 Å². The molecular weight excluding hydrogens is 268 g/mol. The maximum Gasteiger partial charge on any atom is 0.335 e. The van der Waals surface area contributed by atoms with Crippen LogP contribution in [0.4, 0.5) is 5.82 Å². The van der Waals surface area contributed by atoms with Gasteiger partial charge in [0.2, 0.25) is 0 Å². The average Bonchev–Trinajstić information content (AvgIpc) is 2.42. The van der Waals surface area contributed by atoms with Crippen molar-refractivity contribution in [3.63, 3.8) is 0 Å². The number of methoxy groups -OCH3 is 1. The molecule has 21 heavy (non-hydrogen) atoms. The van der Waals surface area contributed by atoms with Gasteiger partial charge < -0.3 is 15.2 Å². The van der Waals surface area contributed by atoms with Gasteiger partial charge in [-0.05, 0) is 29.9 Å². The lowest BCUT2D eigenvalue weighted by Crippen LogP contribution is -2.25. The highest BCUT2D eigenvalue weighted by atomic mass is 16.5. The molecule has 0 fully saturated rings. The molecule has 5 nitrogen and oxygen atoms in total. The van der Waals surface area contributed by atoms with Crippen molar-refractivity contribution in [1.82, 2.24) is 4.98 Å². The summed E-state index contributed by atoms with van der Waals surface area (Å²) >= 11 is 0. The van der Waals surface area contributed by atoms with Crippen LogP contribution in [0.5, 0.6) is 0 Å². The summed E-state index contributed by atoms with van der Waals surface area (Å²) in [6.07, 6.45) is 0.923. The number of nitrogens with zero attached hydrogens (tertiary/aromatic N) is 1. The summed E-state index contributed by atoms with van der Waals surface area (Å²) in [5, 5.41) is 12.4. The number of pyridine rings is 1. The first-order valence-corrected chi connectivity index (χ1v) is 7.23. The number of rotatable bonds is 8. The van der Waals surface area contributed by atoms with Crippen LogP contribution in [-0.4, -0.2) is 36.3 Å². The quantitative estimate of drug-likeness (QED) is 0.769. The van der Waals surface area contributed by atoms with Crippen molar-refractivity contribution in [3.8, 4) is 0 Å². The topological polar surface area (TPSA) is 71.5 Å². The average molecular weight is 294 g/mol. The predicted molar refractivity (Wildman–Crippen MR) is 84.0 cm³/mol. The first-order chi connectivity index (χ1) is 9.75. The summed E-state index contributed by atoms with van der Waals surface area (Å²) in [5.74, 6) is -0.128. The molecule has 0 atom stereocenters. The zero-order chi connectivity index (χ0) is 16.0. The largest absolute Gasteiger partial charge is 0.478 e. The molecule has 1 heterocycles. The maximum atomic E-state index is 11.2. The Morgan fingerprint density at radius 3 is 2.62 bits per heavy atom. The van der Waals surface area contributed by atoms with E-state index < -0.39 is 5.97 Å². The minimum Gasteiger partial charge on any atom is -0.478 e. The molecule has 1 rings (SSSR count). The van der Waals surface area contributed by atoms with E-state index in [0.717, 1.165) is 12.1 Å². The Balaban J connectivity index is 2.85. The number of aromatic carboxylic acids is 1. The second kappa shape index (κ2) is 7.41. The molecule has 0 aliphatic heterocycles.